The van der Waals surface area contributed by atoms with Crippen molar-refractivity contribution in [3.8, 4) is 0 Å². The maximum Gasteiger partial charge on any atom is 0.359 e. The van der Waals surface area contributed by atoms with Gasteiger partial charge in [-0.1, -0.05) is 37.3 Å². The van der Waals surface area contributed by atoms with Crippen molar-refractivity contribution in [2.24, 2.45) is 0 Å². The summed E-state index contributed by atoms with van der Waals surface area (Å²) in [7, 11) is 0. The Bertz CT molecular complexity index is 1080. The number of rotatable bonds is 7. The van der Waals surface area contributed by atoms with Gasteiger partial charge < -0.3 is 10.1 Å². The molecule has 0 spiro atoms. The molecule has 3 aromatic rings. The molecule has 7 nitrogen and oxygen atoms in total. The Labute approximate surface area is 172 Å². The summed E-state index contributed by atoms with van der Waals surface area (Å²) >= 11 is 0. The molecule has 0 aliphatic rings. The largest absolute Gasteiger partial charge is 0.442 e. The van der Waals surface area contributed by atoms with Crippen molar-refractivity contribution in [2.75, 3.05) is 5.32 Å². The summed E-state index contributed by atoms with van der Waals surface area (Å²) in [4.78, 5) is 37.3. The van der Waals surface area contributed by atoms with Crippen LogP contribution < -0.4 is 10.9 Å². The SMILES string of the molecule is CCCn1nc(C(=O)OC(C(=O)Nc2ccc(F)cc2)c2ccccc2)ccc1=O. The number of aryl methyl sites for hydroxylation is 1. The molecule has 1 atom stereocenters. The lowest BCUT2D eigenvalue weighted by molar-refractivity contribution is -0.125. The molecule has 0 radical (unpaired) electrons. The van der Waals surface area contributed by atoms with Crippen molar-refractivity contribution >= 4 is 17.6 Å². The molecule has 3 rings (SSSR count). The van der Waals surface area contributed by atoms with Crippen LogP contribution in [-0.2, 0) is 16.1 Å². The Morgan fingerprint density at radius 2 is 1.77 bits per heavy atom. The average molecular weight is 409 g/mol. The summed E-state index contributed by atoms with van der Waals surface area (Å²) in [5.41, 5.74) is 0.390. The van der Waals surface area contributed by atoms with Crippen LogP contribution in [0.4, 0.5) is 10.1 Å². The van der Waals surface area contributed by atoms with Crippen LogP contribution in [0.2, 0.25) is 0 Å². The third-order valence-electron chi connectivity index (χ3n) is 4.19. The summed E-state index contributed by atoms with van der Waals surface area (Å²) in [5, 5.41) is 6.62. The first kappa shape index (κ1) is 20.9. The van der Waals surface area contributed by atoms with E-state index in [1.54, 1.807) is 30.3 Å². The number of anilines is 1. The fraction of sp³-hybridized carbons (Fsp3) is 0.182. The van der Waals surface area contributed by atoms with Crippen molar-refractivity contribution in [3.05, 3.63) is 94.2 Å². The molecule has 1 N–H and O–H groups in total. The van der Waals surface area contributed by atoms with Crippen molar-refractivity contribution in [1.29, 1.82) is 0 Å². The van der Waals surface area contributed by atoms with Crippen LogP contribution in [0.15, 0.2) is 71.5 Å². The zero-order valence-corrected chi connectivity index (χ0v) is 16.2. The Balaban J connectivity index is 1.85. The molecule has 8 heteroatoms. The molecule has 1 aromatic heterocycles. The summed E-state index contributed by atoms with van der Waals surface area (Å²) in [5.74, 6) is -1.89. The van der Waals surface area contributed by atoms with E-state index in [-0.39, 0.29) is 11.3 Å². The number of nitrogens with one attached hydrogen (secondary N) is 1. The van der Waals surface area contributed by atoms with Crippen LogP contribution in [0.25, 0.3) is 0 Å². The number of hydrogen-bond donors (Lipinski definition) is 1. The van der Waals surface area contributed by atoms with E-state index in [9.17, 15) is 18.8 Å². The van der Waals surface area contributed by atoms with E-state index in [0.717, 1.165) is 0 Å². The van der Waals surface area contributed by atoms with Crippen LogP contribution in [0.5, 0.6) is 0 Å². The minimum Gasteiger partial charge on any atom is -0.442 e. The second kappa shape index (κ2) is 9.60. The van der Waals surface area contributed by atoms with E-state index in [2.05, 4.69) is 10.4 Å². The second-order valence-corrected chi connectivity index (χ2v) is 6.47. The lowest BCUT2D eigenvalue weighted by atomic mass is 10.1. The molecule has 0 fully saturated rings. The quantitative estimate of drug-likeness (QED) is 0.605. The zero-order chi connectivity index (χ0) is 21.5. The van der Waals surface area contributed by atoms with Crippen LogP contribution in [0, 0.1) is 5.82 Å². The molecule has 30 heavy (non-hydrogen) atoms. The van der Waals surface area contributed by atoms with Gasteiger partial charge in [0.25, 0.3) is 11.5 Å². The zero-order valence-electron chi connectivity index (χ0n) is 16.2. The first-order valence-electron chi connectivity index (χ1n) is 9.38. The molecule has 1 amide bonds. The van der Waals surface area contributed by atoms with E-state index in [1.807, 2.05) is 6.92 Å². The first-order valence-corrected chi connectivity index (χ1v) is 9.38. The molecular weight excluding hydrogens is 389 g/mol. The van der Waals surface area contributed by atoms with E-state index in [4.69, 9.17) is 4.74 Å². The fourth-order valence-corrected chi connectivity index (χ4v) is 2.74. The molecule has 0 bridgehead atoms. The number of aromatic nitrogens is 2. The topological polar surface area (TPSA) is 90.3 Å². The highest BCUT2D eigenvalue weighted by Gasteiger charge is 2.26. The van der Waals surface area contributed by atoms with Gasteiger partial charge in [-0.25, -0.2) is 13.9 Å². The van der Waals surface area contributed by atoms with Gasteiger partial charge in [-0.15, -0.1) is 0 Å². The molecule has 0 saturated heterocycles. The summed E-state index contributed by atoms with van der Waals surface area (Å²) < 4.78 is 19.7. The Hall–Kier alpha value is -3.81. The number of esters is 1. The summed E-state index contributed by atoms with van der Waals surface area (Å²) in [6, 6.07) is 16.2. The lowest BCUT2D eigenvalue weighted by Gasteiger charge is -2.18. The van der Waals surface area contributed by atoms with Gasteiger partial charge in [0, 0.05) is 23.9 Å². The van der Waals surface area contributed by atoms with Crippen LogP contribution in [0.1, 0.15) is 35.5 Å². The second-order valence-electron chi connectivity index (χ2n) is 6.47. The van der Waals surface area contributed by atoms with Gasteiger partial charge in [-0.2, -0.15) is 5.10 Å². The normalized spacial score (nSPS) is 11.5. The number of ether oxygens (including phenoxy) is 1. The van der Waals surface area contributed by atoms with E-state index < -0.39 is 23.8 Å². The number of benzene rings is 2. The van der Waals surface area contributed by atoms with Crippen LogP contribution in [-0.4, -0.2) is 21.7 Å². The minimum atomic E-state index is -1.27. The highest BCUT2D eigenvalue weighted by molar-refractivity contribution is 5.97. The van der Waals surface area contributed by atoms with Gasteiger partial charge in [0.15, 0.2) is 5.69 Å². The van der Waals surface area contributed by atoms with E-state index in [1.165, 1.54) is 41.1 Å². The van der Waals surface area contributed by atoms with Gasteiger partial charge in [0.2, 0.25) is 6.10 Å². The monoisotopic (exact) mass is 409 g/mol. The molecule has 0 aliphatic carbocycles. The molecule has 2 aromatic carbocycles. The Morgan fingerprint density at radius 1 is 1.07 bits per heavy atom. The number of carbonyl (C=O) groups is 2. The fourth-order valence-electron chi connectivity index (χ4n) is 2.74. The Kier molecular flexibility index (Phi) is 6.69. The van der Waals surface area contributed by atoms with Gasteiger partial charge in [0.1, 0.15) is 5.82 Å². The first-order chi connectivity index (χ1) is 14.5. The van der Waals surface area contributed by atoms with Gasteiger partial charge >= 0.3 is 5.97 Å². The van der Waals surface area contributed by atoms with E-state index in [0.29, 0.717) is 24.2 Å². The van der Waals surface area contributed by atoms with Gasteiger partial charge in [-0.05, 0) is 36.8 Å². The lowest BCUT2D eigenvalue weighted by Crippen LogP contribution is -2.28. The number of carbonyl (C=O) groups excluding carboxylic acids is 2. The molecular formula is C22H20FN3O4. The molecule has 0 aliphatic heterocycles. The summed E-state index contributed by atoms with van der Waals surface area (Å²) in [6.07, 6.45) is -0.602. The molecule has 1 heterocycles. The van der Waals surface area contributed by atoms with Gasteiger partial charge in [-0.3, -0.25) is 9.59 Å². The van der Waals surface area contributed by atoms with Crippen LogP contribution >= 0.6 is 0 Å². The number of halogens is 1. The van der Waals surface area contributed by atoms with Crippen molar-refractivity contribution in [1.82, 2.24) is 9.78 Å². The number of nitrogens with zero attached hydrogens (tertiary/aromatic N) is 2. The standard InChI is InChI=1S/C22H20FN3O4/c1-2-14-26-19(27)13-12-18(25-26)22(29)30-20(15-6-4-3-5-7-15)21(28)24-17-10-8-16(23)9-11-17/h3-13,20H,2,14H2,1H3,(H,24,28). The highest BCUT2D eigenvalue weighted by atomic mass is 19.1. The smallest absolute Gasteiger partial charge is 0.359 e. The van der Waals surface area contributed by atoms with Crippen molar-refractivity contribution in [2.45, 2.75) is 26.0 Å². The maximum absolute atomic E-state index is 13.1. The molecule has 1 unspecified atom stereocenters. The predicted molar refractivity (Wildman–Crippen MR) is 108 cm³/mol. The van der Waals surface area contributed by atoms with Crippen molar-refractivity contribution < 1.29 is 18.7 Å². The predicted octanol–water partition coefficient (Wildman–Crippen LogP) is 3.33. The third kappa shape index (κ3) is 5.16. The minimum absolute atomic E-state index is 0.0847. The third-order valence-corrected chi connectivity index (χ3v) is 4.19. The van der Waals surface area contributed by atoms with Crippen molar-refractivity contribution in [3.63, 3.8) is 0 Å². The number of amides is 1. The number of hydrogen-bond acceptors (Lipinski definition) is 5. The molecule has 0 saturated carbocycles. The van der Waals surface area contributed by atoms with Gasteiger partial charge in [0.05, 0.1) is 0 Å². The maximum atomic E-state index is 13.1. The molecule has 154 valence electrons. The van der Waals surface area contributed by atoms with E-state index >= 15 is 0 Å². The summed E-state index contributed by atoms with van der Waals surface area (Å²) in [6.45, 7) is 2.23. The Morgan fingerprint density at radius 3 is 2.43 bits per heavy atom. The highest BCUT2D eigenvalue weighted by Crippen LogP contribution is 2.21. The van der Waals surface area contributed by atoms with Crippen LogP contribution in [0.3, 0.4) is 0 Å². The average Bonchev–Trinajstić information content (AvgIpc) is 2.75.